The molecule has 112 valence electrons. The first-order valence-corrected chi connectivity index (χ1v) is 6.74. The van der Waals surface area contributed by atoms with Gasteiger partial charge in [0.1, 0.15) is 23.8 Å². The number of aliphatic hydroxyl groups is 1. The number of benzene rings is 1. The SMILES string of the molecule is Cn1cnnc1CN1C[C@H](O)C[C@@H]1c1cc(F)ccc1F. The van der Waals surface area contributed by atoms with Crippen molar-refractivity contribution in [2.24, 2.45) is 7.05 Å². The van der Waals surface area contributed by atoms with Crippen LogP contribution in [0, 0.1) is 11.6 Å². The normalized spacial score (nSPS) is 22.9. The van der Waals surface area contributed by atoms with E-state index < -0.39 is 17.7 Å². The molecule has 1 aromatic heterocycles. The summed E-state index contributed by atoms with van der Waals surface area (Å²) in [6, 6.07) is 3.04. The summed E-state index contributed by atoms with van der Waals surface area (Å²) in [7, 11) is 1.82. The van der Waals surface area contributed by atoms with Crippen LogP contribution in [0.5, 0.6) is 0 Å². The zero-order chi connectivity index (χ0) is 15.0. The lowest BCUT2D eigenvalue weighted by Gasteiger charge is -2.24. The van der Waals surface area contributed by atoms with Crippen molar-refractivity contribution in [1.29, 1.82) is 0 Å². The first-order chi connectivity index (χ1) is 10.0. The predicted molar refractivity (Wildman–Crippen MR) is 71.1 cm³/mol. The van der Waals surface area contributed by atoms with Crippen LogP contribution in [0.3, 0.4) is 0 Å². The van der Waals surface area contributed by atoms with Crippen LogP contribution in [0.2, 0.25) is 0 Å². The zero-order valence-electron chi connectivity index (χ0n) is 11.6. The van der Waals surface area contributed by atoms with E-state index in [1.54, 1.807) is 10.9 Å². The van der Waals surface area contributed by atoms with Gasteiger partial charge in [0.25, 0.3) is 0 Å². The molecule has 0 unspecified atom stereocenters. The number of aromatic nitrogens is 3. The Morgan fingerprint density at radius 3 is 2.90 bits per heavy atom. The van der Waals surface area contributed by atoms with E-state index in [4.69, 9.17) is 0 Å². The summed E-state index contributed by atoms with van der Waals surface area (Å²) < 4.78 is 29.1. The Morgan fingerprint density at radius 1 is 1.38 bits per heavy atom. The third-order valence-electron chi connectivity index (χ3n) is 3.85. The van der Waals surface area contributed by atoms with Gasteiger partial charge in [0.2, 0.25) is 0 Å². The Balaban J connectivity index is 1.89. The molecular formula is C14H16F2N4O. The molecule has 1 aromatic carbocycles. The average Bonchev–Trinajstić information content (AvgIpc) is 3.00. The van der Waals surface area contributed by atoms with E-state index in [0.717, 1.165) is 12.1 Å². The van der Waals surface area contributed by atoms with E-state index in [1.165, 1.54) is 6.07 Å². The molecule has 0 amide bonds. The summed E-state index contributed by atoms with van der Waals surface area (Å²) in [5.74, 6) is -0.226. The predicted octanol–water partition coefficient (Wildman–Crippen LogP) is 1.40. The lowest BCUT2D eigenvalue weighted by atomic mass is 10.0. The number of hydrogen-bond donors (Lipinski definition) is 1. The van der Waals surface area contributed by atoms with Gasteiger partial charge in [-0.2, -0.15) is 0 Å². The zero-order valence-corrected chi connectivity index (χ0v) is 11.6. The highest BCUT2D eigenvalue weighted by Gasteiger charge is 2.34. The van der Waals surface area contributed by atoms with Crippen LogP contribution in [-0.4, -0.2) is 37.4 Å². The van der Waals surface area contributed by atoms with Gasteiger partial charge in [0.15, 0.2) is 0 Å². The number of β-amino-alcohol motifs (C(OH)–C–C–N with tert-alkyl or cyclic N) is 1. The minimum absolute atomic E-state index is 0.272. The van der Waals surface area contributed by atoms with Gasteiger partial charge in [0, 0.05) is 25.2 Å². The fraction of sp³-hybridized carbons (Fsp3) is 0.429. The Bertz CT molecular complexity index is 646. The fourth-order valence-corrected chi connectivity index (χ4v) is 2.78. The molecule has 21 heavy (non-hydrogen) atoms. The van der Waals surface area contributed by atoms with E-state index in [9.17, 15) is 13.9 Å². The molecule has 1 fully saturated rings. The highest BCUT2D eigenvalue weighted by atomic mass is 19.1. The number of hydrogen-bond acceptors (Lipinski definition) is 4. The first-order valence-electron chi connectivity index (χ1n) is 6.74. The van der Waals surface area contributed by atoms with Gasteiger partial charge < -0.3 is 9.67 Å². The van der Waals surface area contributed by atoms with Crippen molar-refractivity contribution in [3.8, 4) is 0 Å². The Kier molecular flexibility index (Phi) is 3.69. The van der Waals surface area contributed by atoms with Crippen molar-refractivity contribution < 1.29 is 13.9 Å². The maximum absolute atomic E-state index is 14.0. The van der Waals surface area contributed by atoms with Crippen molar-refractivity contribution in [3.63, 3.8) is 0 Å². The molecule has 0 saturated carbocycles. The van der Waals surface area contributed by atoms with Gasteiger partial charge in [-0.25, -0.2) is 8.78 Å². The Morgan fingerprint density at radius 2 is 2.19 bits per heavy atom. The minimum Gasteiger partial charge on any atom is -0.392 e. The van der Waals surface area contributed by atoms with E-state index in [-0.39, 0.29) is 11.6 Å². The molecule has 0 bridgehead atoms. The van der Waals surface area contributed by atoms with Gasteiger partial charge in [0.05, 0.1) is 12.6 Å². The number of halogens is 2. The molecule has 0 spiro atoms. The molecule has 1 aliphatic rings. The fourth-order valence-electron chi connectivity index (χ4n) is 2.78. The molecule has 2 heterocycles. The van der Waals surface area contributed by atoms with Gasteiger partial charge in [-0.05, 0) is 24.6 Å². The van der Waals surface area contributed by atoms with Crippen LogP contribution in [0.1, 0.15) is 23.9 Å². The molecule has 1 N–H and O–H groups in total. The Hall–Kier alpha value is -1.86. The minimum atomic E-state index is -0.564. The molecule has 0 aliphatic carbocycles. The molecular weight excluding hydrogens is 278 g/mol. The monoisotopic (exact) mass is 294 g/mol. The highest BCUT2D eigenvalue weighted by molar-refractivity contribution is 5.24. The van der Waals surface area contributed by atoms with E-state index in [2.05, 4.69) is 10.2 Å². The topological polar surface area (TPSA) is 54.2 Å². The van der Waals surface area contributed by atoms with Gasteiger partial charge in [-0.3, -0.25) is 4.90 Å². The second-order valence-corrected chi connectivity index (χ2v) is 5.36. The number of aryl methyl sites for hydroxylation is 1. The second-order valence-electron chi connectivity index (χ2n) is 5.36. The van der Waals surface area contributed by atoms with Crippen LogP contribution in [0.4, 0.5) is 8.78 Å². The molecule has 0 radical (unpaired) electrons. The molecule has 1 saturated heterocycles. The summed E-state index contributed by atoms with van der Waals surface area (Å²) in [4.78, 5) is 1.90. The summed E-state index contributed by atoms with van der Waals surface area (Å²) in [5.41, 5.74) is 0.272. The summed E-state index contributed by atoms with van der Waals surface area (Å²) >= 11 is 0. The van der Waals surface area contributed by atoms with Crippen LogP contribution in [-0.2, 0) is 13.6 Å². The van der Waals surface area contributed by atoms with E-state index in [0.29, 0.717) is 25.3 Å². The van der Waals surface area contributed by atoms with Crippen molar-refractivity contribution in [3.05, 3.63) is 47.5 Å². The maximum Gasteiger partial charge on any atom is 0.146 e. The third kappa shape index (κ3) is 2.79. The van der Waals surface area contributed by atoms with E-state index >= 15 is 0 Å². The van der Waals surface area contributed by atoms with Crippen LogP contribution in [0.15, 0.2) is 24.5 Å². The maximum atomic E-state index is 14.0. The molecule has 1 aliphatic heterocycles. The molecule has 2 aromatic rings. The number of likely N-dealkylation sites (tertiary alicyclic amines) is 1. The van der Waals surface area contributed by atoms with Gasteiger partial charge in [-0.15, -0.1) is 10.2 Å². The van der Waals surface area contributed by atoms with Gasteiger partial charge in [-0.1, -0.05) is 0 Å². The molecule has 5 nitrogen and oxygen atoms in total. The van der Waals surface area contributed by atoms with Crippen molar-refractivity contribution >= 4 is 0 Å². The quantitative estimate of drug-likeness (QED) is 0.930. The number of aliphatic hydroxyl groups excluding tert-OH is 1. The smallest absolute Gasteiger partial charge is 0.146 e. The lowest BCUT2D eigenvalue weighted by Crippen LogP contribution is -2.26. The van der Waals surface area contributed by atoms with Gasteiger partial charge >= 0.3 is 0 Å². The third-order valence-corrected chi connectivity index (χ3v) is 3.85. The summed E-state index contributed by atoms with van der Waals surface area (Å²) in [5, 5.41) is 17.7. The second kappa shape index (κ2) is 5.50. The Labute approximate surface area is 120 Å². The standard InChI is InChI=1S/C14H16F2N4O/c1-19-8-17-18-14(19)7-20-6-10(21)5-13(20)11-4-9(15)2-3-12(11)16/h2-4,8,10,13,21H,5-7H2,1H3/t10-,13-/m1/s1. The summed E-state index contributed by atoms with van der Waals surface area (Å²) in [6.07, 6.45) is 1.39. The molecule has 3 rings (SSSR count). The largest absolute Gasteiger partial charge is 0.392 e. The molecule has 7 heteroatoms. The van der Waals surface area contributed by atoms with Crippen molar-refractivity contribution in [1.82, 2.24) is 19.7 Å². The van der Waals surface area contributed by atoms with Crippen LogP contribution < -0.4 is 0 Å². The van der Waals surface area contributed by atoms with Crippen molar-refractivity contribution in [2.45, 2.75) is 25.1 Å². The number of rotatable bonds is 3. The van der Waals surface area contributed by atoms with Crippen LogP contribution in [0.25, 0.3) is 0 Å². The van der Waals surface area contributed by atoms with Crippen LogP contribution >= 0.6 is 0 Å². The van der Waals surface area contributed by atoms with Crippen molar-refractivity contribution in [2.75, 3.05) is 6.54 Å². The van der Waals surface area contributed by atoms with E-state index in [1.807, 2.05) is 11.9 Å². The first kappa shape index (κ1) is 14.1. The molecule has 2 atom stereocenters. The summed E-state index contributed by atoms with van der Waals surface area (Å²) in [6.45, 7) is 0.821. The lowest BCUT2D eigenvalue weighted by molar-refractivity contribution is 0.170. The highest BCUT2D eigenvalue weighted by Crippen LogP contribution is 2.34. The number of nitrogens with zero attached hydrogens (tertiary/aromatic N) is 4. The average molecular weight is 294 g/mol.